The molecule has 2 aliphatic rings. The van der Waals surface area contributed by atoms with Gasteiger partial charge in [-0.2, -0.15) is 5.10 Å². The van der Waals surface area contributed by atoms with E-state index in [-0.39, 0.29) is 17.7 Å². The second-order valence-electron chi connectivity index (χ2n) is 7.53. The first-order valence-electron chi connectivity index (χ1n) is 9.89. The number of aromatic amines is 1. The van der Waals surface area contributed by atoms with Gasteiger partial charge in [0.05, 0.1) is 25.0 Å². The summed E-state index contributed by atoms with van der Waals surface area (Å²) in [5.74, 6) is 0.834. The number of carbonyl (C=O) groups excluding carboxylic acids is 2. The summed E-state index contributed by atoms with van der Waals surface area (Å²) in [5.41, 5.74) is 2.99. The first-order chi connectivity index (χ1) is 14.6. The van der Waals surface area contributed by atoms with Crippen LogP contribution in [0, 0.1) is 5.92 Å². The minimum atomic E-state index is -0.0979. The largest absolute Gasteiger partial charge is 0.497 e. The zero-order valence-electron chi connectivity index (χ0n) is 16.5. The van der Waals surface area contributed by atoms with Crippen molar-refractivity contribution in [2.75, 3.05) is 19.0 Å². The molecule has 0 atom stereocenters. The summed E-state index contributed by atoms with van der Waals surface area (Å²) in [6.07, 6.45) is 2.59. The average molecular weight is 423 g/mol. The molecule has 1 aromatic carbocycles. The molecule has 2 amide bonds. The molecular weight excluding hydrogens is 402 g/mol. The van der Waals surface area contributed by atoms with Crippen LogP contribution in [-0.2, 0) is 17.8 Å². The van der Waals surface area contributed by atoms with Crippen molar-refractivity contribution in [3.8, 4) is 17.0 Å². The van der Waals surface area contributed by atoms with Crippen LogP contribution in [0.4, 0.5) is 5.13 Å². The number of benzene rings is 1. The SMILES string of the molecule is COc1cccc(-c2cc(C(=O)N3CCc4nc(NC(=O)C5CC5)sc4C3)[nH]n2)c1. The van der Waals surface area contributed by atoms with Gasteiger partial charge in [-0.1, -0.05) is 23.5 Å². The van der Waals surface area contributed by atoms with Gasteiger partial charge >= 0.3 is 0 Å². The van der Waals surface area contributed by atoms with Gasteiger partial charge < -0.3 is 15.0 Å². The van der Waals surface area contributed by atoms with Gasteiger partial charge in [0, 0.05) is 29.3 Å². The molecule has 0 bridgehead atoms. The number of amides is 2. The summed E-state index contributed by atoms with van der Waals surface area (Å²) in [6, 6.07) is 9.33. The molecule has 1 saturated carbocycles. The van der Waals surface area contributed by atoms with Crippen molar-refractivity contribution in [2.24, 2.45) is 5.92 Å². The Morgan fingerprint density at radius 3 is 2.97 bits per heavy atom. The Labute approximate surface area is 177 Å². The van der Waals surface area contributed by atoms with E-state index >= 15 is 0 Å². The van der Waals surface area contributed by atoms with Crippen LogP contribution in [0.25, 0.3) is 11.3 Å². The van der Waals surface area contributed by atoms with Crippen LogP contribution in [0.5, 0.6) is 5.75 Å². The Morgan fingerprint density at radius 2 is 2.17 bits per heavy atom. The maximum atomic E-state index is 13.0. The topological polar surface area (TPSA) is 100 Å². The van der Waals surface area contributed by atoms with Gasteiger partial charge in [0.1, 0.15) is 11.4 Å². The standard InChI is InChI=1S/C21H21N5O3S/c1-29-14-4-2-3-13(9-14)16-10-17(25-24-16)20(28)26-8-7-15-18(11-26)30-21(22-15)23-19(27)12-5-6-12/h2-4,9-10,12H,5-8,11H2,1H3,(H,24,25)(H,22,23,27). The molecule has 0 unspecified atom stereocenters. The van der Waals surface area contributed by atoms with Crippen molar-refractivity contribution in [1.29, 1.82) is 0 Å². The predicted octanol–water partition coefficient (Wildman–Crippen LogP) is 3.09. The number of hydrogen-bond donors (Lipinski definition) is 2. The van der Waals surface area contributed by atoms with E-state index in [4.69, 9.17) is 4.74 Å². The molecule has 8 nitrogen and oxygen atoms in total. The number of H-pyrrole nitrogens is 1. The molecule has 0 saturated heterocycles. The van der Waals surface area contributed by atoms with E-state index in [2.05, 4.69) is 20.5 Å². The zero-order chi connectivity index (χ0) is 20.7. The highest BCUT2D eigenvalue weighted by molar-refractivity contribution is 7.15. The van der Waals surface area contributed by atoms with Gasteiger partial charge in [0.2, 0.25) is 5.91 Å². The Hall–Kier alpha value is -3.20. The van der Waals surface area contributed by atoms with Gasteiger partial charge in [-0.15, -0.1) is 0 Å². The minimum Gasteiger partial charge on any atom is -0.497 e. The van der Waals surface area contributed by atoms with Crippen molar-refractivity contribution in [3.63, 3.8) is 0 Å². The van der Waals surface area contributed by atoms with E-state index in [0.29, 0.717) is 36.0 Å². The summed E-state index contributed by atoms with van der Waals surface area (Å²) < 4.78 is 5.26. The van der Waals surface area contributed by atoms with Gasteiger partial charge in [0.15, 0.2) is 5.13 Å². The third-order valence-corrected chi connectivity index (χ3v) is 6.37. The highest BCUT2D eigenvalue weighted by Crippen LogP contribution is 2.33. The van der Waals surface area contributed by atoms with Gasteiger partial charge in [0.25, 0.3) is 5.91 Å². The molecule has 2 N–H and O–H groups in total. The number of thiazole rings is 1. The van der Waals surface area contributed by atoms with Crippen molar-refractivity contribution in [1.82, 2.24) is 20.1 Å². The molecule has 30 heavy (non-hydrogen) atoms. The Morgan fingerprint density at radius 1 is 1.30 bits per heavy atom. The molecule has 5 rings (SSSR count). The van der Waals surface area contributed by atoms with E-state index in [1.165, 1.54) is 11.3 Å². The fourth-order valence-electron chi connectivity index (χ4n) is 3.51. The number of nitrogens with one attached hydrogen (secondary N) is 2. The maximum absolute atomic E-state index is 13.0. The summed E-state index contributed by atoms with van der Waals surface area (Å²) in [6.45, 7) is 1.07. The molecule has 3 heterocycles. The van der Waals surface area contributed by atoms with E-state index in [0.717, 1.165) is 34.7 Å². The second-order valence-corrected chi connectivity index (χ2v) is 8.61. The number of aromatic nitrogens is 3. The monoisotopic (exact) mass is 423 g/mol. The molecule has 0 radical (unpaired) electrons. The molecule has 154 valence electrons. The smallest absolute Gasteiger partial charge is 0.272 e. The first-order valence-corrected chi connectivity index (χ1v) is 10.7. The first kappa shape index (κ1) is 18.8. The van der Waals surface area contributed by atoms with E-state index in [1.54, 1.807) is 18.1 Å². The van der Waals surface area contributed by atoms with Crippen LogP contribution in [0.1, 0.15) is 33.9 Å². The van der Waals surface area contributed by atoms with Crippen molar-refractivity contribution in [3.05, 3.63) is 46.6 Å². The van der Waals surface area contributed by atoms with Crippen LogP contribution in [0.15, 0.2) is 30.3 Å². The van der Waals surface area contributed by atoms with Crippen molar-refractivity contribution < 1.29 is 14.3 Å². The number of anilines is 1. The minimum absolute atomic E-state index is 0.0524. The number of ether oxygens (including phenoxy) is 1. The number of carbonyl (C=O) groups is 2. The van der Waals surface area contributed by atoms with Gasteiger partial charge in [-0.3, -0.25) is 14.7 Å². The predicted molar refractivity (Wildman–Crippen MR) is 112 cm³/mol. The summed E-state index contributed by atoms with van der Waals surface area (Å²) in [7, 11) is 1.62. The molecule has 3 aromatic rings. The lowest BCUT2D eigenvalue weighted by Crippen LogP contribution is -2.35. The normalized spacial score (nSPS) is 15.6. The molecule has 2 aromatic heterocycles. The number of hydrogen-bond acceptors (Lipinski definition) is 6. The number of methoxy groups -OCH3 is 1. The van der Waals surface area contributed by atoms with E-state index in [1.807, 2.05) is 24.3 Å². The van der Waals surface area contributed by atoms with Crippen LogP contribution < -0.4 is 10.1 Å². The van der Waals surface area contributed by atoms with E-state index in [9.17, 15) is 9.59 Å². The summed E-state index contributed by atoms with van der Waals surface area (Å²) >= 11 is 1.45. The summed E-state index contributed by atoms with van der Waals surface area (Å²) in [5, 5.41) is 10.7. The molecule has 1 aliphatic heterocycles. The highest BCUT2D eigenvalue weighted by atomic mass is 32.1. The lowest BCUT2D eigenvalue weighted by atomic mass is 10.1. The molecule has 9 heteroatoms. The molecule has 0 spiro atoms. The van der Waals surface area contributed by atoms with E-state index < -0.39 is 0 Å². The number of nitrogens with zero attached hydrogens (tertiary/aromatic N) is 3. The maximum Gasteiger partial charge on any atom is 0.272 e. The third kappa shape index (κ3) is 3.68. The Kier molecular flexibility index (Phi) is 4.74. The second kappa shape index (κ2) is 7.56. The van der Waals surface area contributed by atoms with Gasteiger partial charge in [-0.25, -0.2) is 4.98 Å². The Balaban J connectivity index is 1.29. The van der Waals surface area contributed by atoms with Crippen LogP contribution in [0.3, 0.4) is 0 Å². The fourth-order valence-corrected chi connectivity index (χ4v) is 4.53. The van der Waals surface area contributed by atoms with Crippen LogP contribution in [0.2, 0.25) is 0 Å². The number of rotatable bonds is 5. The van der Waals surface area contributed by atoms with Crippen LogP contribution >= 0.6 is 11.3 Å². The summed E-state index contributed by atoms with van der Waals surface area (Å²) in [4.78, 5) is 32.3. The van der Waals surface area contributed by atoms with Crippen molar-refractivity contribution >= 4 is 28.3 Å². The quantitative estimate of drug-likeness (QED) is 0.657. The van der Waals surface area contributed by atoms with Gasteiger partial charge in [-0.05, 0) is 31.0 Å². The average Bonchev–Trinajstić information content (AvgIpc) is 3.37. The highest BCUT2D eigenvalue weighted by Gasteiger charge is 2.31. The van der Waals surface area contributed by atoms with Crippen LogP contribution in [-0.4, -0.2) is 45.6 Å². The molecular formula is C21H21N5O3S. The zero-order valence-corrected chi connectivity index (χ0v) is 17.3. The van der Waals surface area contributed by atoms with Crippen molar-refractivity contribution in [2.45, 2.75) is 25.8 Å². The fraction of sp³-hybridized carbons (Fsp3) is 0.333. The lowest BCUT2D eigenvalue weighted by Gasteiger charge is -2.25. The molecule has 1 fully saturated rings. The Bertz CT molecular complexity index is 1120. The third-order valence-electron chi connectivity index (χ3n) is 5.37. The lowest BCUT2D eigenvalue weighted by molar-refractivity contribution is -0.117. The molecule has 1 aliphatic carbocycles. The number of fused-ring (bicyclic) bond motifs is 1.